The summed E-state index contributed by atoms with van der Waals surface area (Å²) in [7, 11) is 0. The third-order valence-electron chi connectivity index (χ3n) is 5.93. The van der Waals surface area contributed by atoms with Crippen molar-refractivity contribution < 1.29 is 19.4 Å². The Morgan fingerprint density at radius 2 is 1.68 bits per heavy atom. The van der Waals surface area contributed by atoms with Gasteiger partial charge in [0.2, 0.25) is 0 Å². The third-order valence-corrected chi connectivity index (χ3v) is 5.93. The summed E-state index contributed by atoms with van der Waals surface area (Å²) in [6, 6.07) is 4.14. The Balaban J connectivity index is 1.73. The van der Waals surface area contributed by atoms with Crippen molar-refractivity contribution in [2.45, 2.75) is 58.8 Å². The van der Waals surface area contributed by atoms with Crippen LogP contribution in [-0.2, 0) is 14.3 Å². The first kappa shape index (κ1) is 16.8. The van der Waals surface area contributed by atoms with Gasteiger partial charge in [0.1, 0.15) is 5.76 Å². The second-order valence-electron chi connectivity index (χ2n) is 8.49. The number of Topliss-reactive ketones (excluding diaryl/α,β-unsaturated/α-hetero) is 1. The Kier molecular flexibility index (Phi) is 3.48. The molecular formula is C21H26O4. The highest BCUT2D eigenvalue weighted by Gasteiger charge is 2.59. The molecule has 0 radical (unpaired) electrons. The molecule has 3 atom stereocenters. The Labute approximate surface area is 148 Å². The fraction of sp³-hybridized carbons (Fsp3) is 0.571. The van der Waals surface area contributed by atoms with Gasteiger partial charge < -0.3 is 14.6 Å². The van der Waals surface area contributed by atoms with E-state index in [0.717, 1.165) is 16.7 Å². The van der Waals surface area contributed by atoms with E-state index in [1.54, 1.807) is 0 Å². The van der Waals surface area contributed by atoms with E-state index in [9.17, 15) is 9.90 Å². The molecule has 1 saturated carbocycles. The number of rotatable bonds is 1. The van der Waals surface area contributed by atoms with Crippen molar-refractivity contribution in [1.82, 2.24) is 0 Å². The summed E-state index contributed by atoms with van der Waals surface area (Å²) in [6.07, 6.45) is 1.27. The molecular weight excluding hydrogens is 316 g/mol. The Bertz CT molecular complexity index is 781. The lowest BCUT2D eigenvalue weighted by Gasteiger charge is -2.25. The predicted octanol–water partition coefficient (Wildman–Crippen LogP) is 4.01. The molecule has 134 valence electrons. The maximum absolute atomic E-state index is 13.2. The zero-order valence-corrected chi connectivity index (χ0v) is 15.6. The SMILES string of the molecule is Cc1cc(C)c(C2=C(O)C3CC4(COC(C)(C)O4)CC3C2=O)c(C)c1. The van der Waals surface area contributed by atoms with Crippen LogP contribution in [0.5, 0.6) is 0 Å². The number of allylic oxidation sites excluding steroid dienone is 2. The second kappa shape index (κ2) is 5.18. The molecule has 4 rings (SSSR count). The number of aliphatic hydroxyl groups is 1. The fourth-order valence-corrected chi connectivity index (χ4v) is 5.14. The van der Waals surface area contributed by atoms with Gasteiger partial charge in [-0.2, -0.15) is 0 Å². The summed E-state index contributed by atoms with van der Waals surface area (Å²) in [6.45, 7) is 10.4. The number of ketones is 1. The number of fused-ring (bicyclic) bond motifs is 1. The molecule has 1 aromatic rings. The third kappa shape index (κ3) is 2.46. The van der Waals surface area contributed by atoms with Crippen LogP contribution < -0.4 is 0 Å². The molecule has 1 aliphatic heterocycles. The van der Waals surface area contributed by atoms with Crippen LogP contribution in [0.1, 0.15) is 48.9 Å². The molecule has 4 nitrogen and oxygen atoms in total. The van der Waals surface area contributed by atoms with Crippen LogP contribution in [0.3, 0.4) is 0 Å². The minimum absolute atomic E-state index is 0.0581. The number of carbonyl (C=O) groups excluding carboxylic acids is 1. The highest BCUT2D eigenvalue weighted by Crippen LogP contribution is 2.55. The molecule has 3 unspecified atom stereocenters. The smallest absolute Gasteiger partial charge is 0.170 e. The van der Waals surface area contributed by atoms with E-state index in [-0.39, 0.29) is 23.4 Å². The number of hydrogen-bond donors (Lipinski definition) is 1. The van der Waals surface area contributed by atoms with Crippen molar-refractivity contribution in [2.75, 3.05) is 6.61 Å². The predicted molar refractivity (Wildman–Crippen MR) is 95.3 cm³/mol. The maximum atomic E-state index is 13.2. The van der Waals surface area contributed by atoms with Crippen LogP contribution in [0.4, 0.5) is 0 Å². The standard InChI is InChI=1S/C21H26O4/c1-11-6-12(2)16(13(3)7-11)17-18(22)14-8-21(9-15(14)19(17)23)10-24-20(4,5)25-21/h6-7,14-15,22H,8-10H2,1-5H3. The first-order valence-electron chi connectivity index (χ1n) is 9.02. The van der Waals surface area contributed by atoms with E-state index in [4.69, 9.17) is 9.47 Å². The Morgan fingerprint density at radius 3 is 2.20 bits per heavy atom. The van der Waals surface area contributed by atoms with E-state index in [0.29, 0.717) is 25.0 Å². The lowest BCUT2D eigenvalue weighted by molar-refractivity contribution is -0.161. The average molecular weight is 342 g/mol. The second-order valence-corrected chi connectivity index (χ2v) is 8.49. The summed E-state index contributed by atoms with van der Waals surface area (Å²) < 4.78 is 11.9. The molecule has 1 spiro atoms. The minimum atomic E-state index is -0.617. The van der Waals surface area contributed by atoms with Gasteiger partial charge in [-0.3, -0.25) is 4.79 Å². The molecule has 4 heteroatoms. The number of benzene rings is 1. The van der Waals surface area contributed by atoms with Crippen LogP contribution in [-0.4, -0.2) is 28.9 Å². The zero-order chi connectivity index (χ0) is 18.1. The van der Waals surface area contributed by atoms with E-state index >= 15 is 0 Å². The van der Waals surface area contributed by atoms with Crippen LogP contribution in [0.25, 0.3) is 5.57 Å². The average Bonchev–Trinajstić information content (AvgIpc) is 3.07. The monoisotopic (exact) mass is 342 g/mol. The minimum Gasteiger partial charge on any atom is -0.511 e. The van der Waals surface area contributed by atoms with E-state index in [1.807, 2.05) is 34.6 Å². The van der Waals surface area contributed by atoms with Crippen LogP contribution in [0.2, 0.25) is 0 Å². The van der Waals surface area contributed by atoms with Gasteiger partial charge in [-0.05, 0) is 64.2 Å². The van der Waals surface area contributed by atoms with Crippen molar-refractivity contribution in [3.05, 3.63) is 40.1 Å². The summed E-state index contributed by atoms with van der Waals surface area (Å²) in [4.78, 5) is 13.2. The summed E-state index contributed by atoms with van der Waals surface area (Å²) in [5, 5.41) is 10.9. The summed E-state index contributed by atoms with van der Waals surface area (Å²) in [5.74, 6) is -0.667. The molecule has 25 heavy (non-hydrogen) atoms. The number of hydrogen-bond acceptors (Lipinski definition) is 4. The molecule has 1 N–H and O–H groups in total. The lowest BCUT2D eigenvalue weighted by atomic mass is 9.89. The molecule has 3 aliphatic rings. The lowest BCUT2D eigenvalue weighted by Crippen LogP contribution is -2.32. The number of aliphatic hydroxyl groups excluding tert-OH is 1. The Morgan fingerprint density at radius 1 is 1.08 bits per heavy atom. The normalized spacial score (nSPS) is 33.6. The molecule has 1 aromatic carbocycles. The quantitative estimate of drug-likeness (QED) is 0.838. The van der Waals surface area contributed by atoms with Crippen molar-refractivity contribution in [3.63, 3.8) is 0 Å². The topological polar surface area (TPSA) is 55.8 Å². The number of carbonyl (C=O) groups is 1. The van der Waals surface area contributed by atoms with Crippen molar-refractivity contribution >= 4 is 11.4 Å². The van der Waals surface area contributed by atoms with Crippen molar-refractivity contribution in [1.29, 1.82) is 0 Å². The fourth-order valence-electron chi connectivity index (χ4n) is 5.14. The van der Waals surface area contributed by atoms with Gasteiger partial charge in [-0.15, -0.1) is 0 Å². The summed E-state index contributed by atoms with van der Waals surface area (Å²) >= 11 is 0. The van der Waals surface area contributed by atoms with Crippen molar-refractivity contribution in [2.24, 2.45) is 11.8 Å². The zero-order valence-electron chi connectivity index (χ0n) is 15.6. The molecule has 0 aromatic heterocycles. The Hall–Kier alpha value is -1.65. The van der Waals surface area contributed by atoms with Gasteiger partial charge in [0.25, 0.3) is 0 Å². The highest BCUT2D eigenvalue weighted by atomic mass is 16.8. The molecule has 1 saturated heterocycles. The summed E-state index contributed by atoms with van der Waals surface area (Å²) in [5.41, 5.74) is 4.25. The van der Waals surface area contributed by atoms with Gasteiger partial charge in [-0.25, -0.2) is 0 Å². The van der Waals surface area contributed by atoms with E-state index in [2.05, 4.69) is 12.1 Å². The van der Waals surface area contributed by atoms with Crippen LogP contribution in [0, 0.1) is 32.6 Å². The van der Waals surface area contributed by atoms with Crippen molar-refractivity contribution in [3.8, 4) is 0 Å². The largest absolute Gasteiger partial charge is 0.511 e. The van der Waals surface area contributed by atoms with Gasteiger partial charge >= 0.3 is 0 Å². The van der Waals surface area contributed by atoms with Gasteiger partial charge in [0.15, 0.2) is 11.6 Å². The molecule has 0 amide bonds. The van der Waals surface area contributed by atoms with Gasteiger partial charge in [0, 0.05) is 11.8 Å². The van der Waals surface area contributed by atoms with E-state index in [1.165, 1.54) is 5.56 Å². The van der Waals surface area contributed by atoms with Crippen LogP contribution in [0.15, 0.2) is 17.9 Å². The maximum Gasteiger partial charge on any atom is 0.170 e. The number of ether oxygens (including phenoxy) is 2. The first-order valence-corrected chi connectivity index (χ1v) is 9.02. The number of aryl methyl sites for hydroxylation is 3. The molecule has 1 heterocycles. The molecule has 2 fully saturated rings. The first-order chi connectivity index (χ1) is 11.6. The van der Waals surface area contributed by atoms with E-state index < -0.39 is 11.4 Å². The van der Waals surface area contributed by atoms with Gasteiger partial charge in [0.05, 0.1) is 17.8 Å². The highest BCUT2D eigenvalue weighted by molar-refractivity contribution is 6.25. The van der Waals surface area contributed by atoms with Crippen LogP contribution >= 0.6 is 0 Å². The molecule has 2 aliphatic carbocycles. The molecule has 0 bridgehead atoms. The van der Waals surface area contributed by atoms with Gasteiger partial charge in [-0.1, -0.05) is 17.7 Å².